The van der Waals surface area contributed by atoms with E-state index in [1.807, 2.05) is 158 Å². The first-order valence-corrected chi connectivity index (χ1v) is 23.0. The molecule has 0 radical (unpaired) electrons. The van der Waals surface area contributed by atoms with Gasteiger partial charge >= 0.3 is 18.2 Å². The molecule has 0 aromatic heterocycles. The lowest BCUT2D eigenvalue weighted by Gasteiger charge is -2.40. The number of carbonyl (C=O) groups excluding carboxylic acids is 3. The average molecular weight is 919 g/mol. The lowest BCUT2D eigenvalue weighted by Crippen LogP contribution is -2.53. The Morgan fingerprint density at radius 1 is 0.485 bits per heavy atom. The van der Waals surface area contributed by atoms with Crippen molar-refractivity contribution in [2.75, 3.05) is 39.3 Å². The molecular formula is C57H66N4O7. The van der Waals surface area contributed by atoms with Crippen molar-refractivity contribution in [1.82, 2.24) is 15.1 Å². The standard InChI is InChI=1S/C28H30N2O3.C20H21NO4.C8H11N.CH4/c31-26(29-19-16-23-10-4-1-5-11-23)28(25-14-8-3-9-15-25)17-20-30(21-18-28)27(32)33-22-24-12-6-2-7-13-24;22-18(23)20(17-9-5-2-6-10-17)11-13-21(14-12-20)19(24)25-15-16-7-3-1-4-8-16;9-7-6-8-4-2-1-3-5-8;/h1-15H,16-22H2,(H,29,31);1-10H,11-15H2,(H,22,23);1-5H,6-7,9H2;1H4. The van der Waals surface area contributed by atoms with Gasteiger partial charge in [-0.2, -0.15) is 0 Å². The highest BCUT2D eigenvalue weighted by molar-refractivity contribution is 5.88. The van der Waals surface area contributed by atoms with Crippen LogP contribution >= 0.6 is 0 Å². The number of rotatable bonds is 13. The first-order chi connectivity index (χ1) is 32.7. The number of aliphatic carboxylic acids is 1. The molecule has 68 heavy (non-hydrogen) atoms. The van der Waals surface area contributed by atoms with Crippen LogP contribution in [0, 0.1) is 0 Å². The molecule has 0 atom stereocenters. The van der Waals surface area contributed by atoms with Gasteiger partial charge in [-0.1, -0.05) is 189 Å². The molecule has 0 spiro atoms. The van der Waals surface area contributed by atoms with E-state index in [0.717, 1.165) is 41.6 Å². The van der Waals surface area contributed by atoms with E-state index in [-0.39, 0.29) is 32.6 Å². The number of carboxylic acid groups (broad SMARTS) is 1. The number of ether oxygens (including phenoxy) is 2. The molecule has 2 fully saturated rings. The first-order valence-electron chi connectivity index (χ1n) is 23.0. The lowest BCUT2D eigenvalue weighted by atomic mass is 9.72. The zero-order valence-electron chi connectivity index (χ0n) is 38.1. The zero-order chi connectivity index (χ0) is 47.2. The van der Waals surface area contributed by atoms with Crippen LogP contribution in [0.3, 0.4) is 0 Å². The molecule has 3 amide bonds. The van der Waals surface area contributed by atoms with Crippen LogP contribution in [-0.2, 0) is 55.9 Å². The topological polar surface area (TPSA) is 152 Å². The third kappa shape index (κ3) is 14.6. The summed E-state index contributed by atoms with van der Waals surface area (Å²) < 4.78 is 10.8. The maximum Gasteiger partial charge on any atom is 0.410 e. The predicted octanol–water partition coefficient (Wildman–Crippen LogP) is 9.98. The fourth-order valence-electron chi connectivity index (χ4n) is 8.50. The van der Waals surface area contributed by atoms with Crippen molar-refractivity contribution in [2.45, 2.75) is 70.0 Å². The van der Waals surface area contributed by atoms with Crippen LogP contribution in [0.25, 0.3) is 0 Å². The lowest BCUT2D eigenvalue weighted by molar-refractivity contribution is -0.145. The molecule has 6 aromatic carbocycles. The summed E-state index contributed by atoms with van der Waals surface area (Å²) in [5, 5.41) is 12.9. The number of amides is 3. The van der Waals surface area contributed by atoms with Crippen LogP contribution in [0.5, 0.6) is 0 Å². The van der Waals surface area contributed by atoms with Gasteiger partial charge < -0.3 is 35.4 Å². The molecule has 0 unspecified atom stereocenters. The summed E-state index contributed by atoms with van der Waals surface area (Å²) in [6, 6.07) is 58.7. The Bertz CT molecular complexity index is 2390. The predicted molar refractivity (Wildman–Crippen MR) is 268 cm³/mol. The molecule has 356 valence electrons. The number of hydrogen-bond donors (Lipinski definition) is 3. The minimum Gasteiger partial charge on any atom is -0.481 e. The molecule has 6 aromatic rings. The van der Waals surface area contributed by atoms with Crippen LogP contribution in [0.2, 0.25) is 0 Å². The van der Waals surface area contributed by atoms with E-state index in [9.17, 15) is 24.3 Å². The summed E-state index contributed by atoms with van der Waals surface area (Å²) in [7, 11) is 0. The normalized spacial score (nSPS) is 14.5. The molecule has 2 aliphatic rings. The Kier molecular flexibility index (Phi) is 20.4. The second-order valence-electron chi connectivity index (χ2n) is 16.8. The summed E-state index contributed by atoms with van der Waals surface area (Å²) in [5.74, 6) is -0.807. The van der Waals surface area contributed by atoms with E-state index >= 15 is 0 Å². The number of nitrogens with two attached hydrogens (primary N) is 1. The van der Waals surface area contributed by atoms with Crippen LogP contribution < -0.4 is 11.1 Å². The number of nitrogens with zero attached hydrogens (tertiary/aromatic N) is 2. The van der Waals surface area contributed by atoms with E-state index in [0.29, 0.717) is 58.4 Å². The molecule has 8 rings (SSSR count). The van der Waals surface area contributed by atoms with Gasteiger partial charge in [0.05, 0.1) is 10.8 Å². The quantitative estimate of drug-likeness (QED) is 0.104. The molecule has 0 saturated carbocycles. The van der Waals surface area contributed by atoms with Crippen molar-refractivity contribution < 1.29 is 33.8 Å². The highest BCUT2D eigenvalue weighted by Crippen LogP contribution is 2.37. The monoisotopic (exact) mass is 918 g/mol. The van der Waals surface area contributed by atoms with Crippen LogP contribution in [0.4, 0.5) is 9.59 Å². The number of likely N-dealkylation sites (tertiary alicyclic amines) is 2. The number of nitrogens with one attached hydrogen (secondary N) is 1. The number of hydrogen-bond acceptors (Lipinski definition) is 7. The minimum atomic E-state index is -0.933. The van der Waals surface area contributed by atoms with E-state index in [1.54, 1.807) is 9.80 Å². The van der Waals surface area contributed by atoms with Gasteiger partial charge in [0.15, 0.2) is 0 Å². The van der Waals surface area contributed by atoms with Crippen LogP contribution in [0.1, 0.15) is 66.5 Å². The number of piperidine rings is 2. The summed E-state index contributed by atoms with van der Waals surface area (Å²) >= 11 is 0. The van der Waals surface area contributed by atoms with E-state index < -0.39 is 22.9 Å². The Hall–Kier alpha value is -7.24. The van der Waals surface area contributed by atoms with E-state index in [1.165, 1.54) is 11.1 Å². The van der Waals surface area contributed by atoms with Crippen molar-refractivity contribution in [2.24, 2.45) is 5.73 Å². The van der Waals surface area contributed by atoms with Gasteiger partial charge in [0.2, 0.25) is 5.91 Å². The molecule has 0 aliphatic carbocycles. The van der Waals surface area contributed by atoms with Crippen molar-refractivity contribution in [1.29, 1.82) is 0 Å². The molecule has 2 heterocycles. The summed E-state index contributed by atoms with van der Waals surface area (Å²) in [6.07, 6.45) is 2.94. The minimum absolute atomic E-state index is 0. The fourth-order valence-corrected chi connectivity index (χ4v) is 8.50. The molecule has 11 heteroatoms. The largest absolute Gasteiger partial charge is 0.481 e. The summed E-state index contributed by atoms with van der Waals surface area (Å²) in [6.45, 7) is 3.50. The zero-order valence-corrected chi connectivity index (χ0v) is 38.1. The van der Waals surface area contributed by atoms with Crippen molar-refractivity contribution in [3.05, 3.63) is 215 Å². The van der Waals surface area contributed by atoms with Gasteiger partial charge in [0, 0.05) is 32.7 Å². The molecule has 2 aliphatic heterocycles. The maximum atomic E-state index is 13.5. The highest BCUT2D eigenvalue weighted by Gasteiger charge is 2.45. The fraction of sp³-hybridized carbons (Fsp3) is 0.298. The van der Waals surface area contributed by atoms with Gasteiger partial charge in [0.25, 0.3) is 0 Å². The third-order valence-electron chi connectivity index (χ3n) is 12.5. The second kappa shape index (κ2) is 26.8. The summed E-state index contributed by atoms with van der Waals surface area (Å²) in [4.78, 5) is 53.5. The molecular weight excluding hydrogens is 853 g/mol. The van der Waals surface area contributed by atoms with E-state index in [4.69, 9.17) is 15.2 Å². The molecule has 2 saturated heterocycles. The maximum absolute atomic E-state index is 13.5. The van der Waals surface area contributed by atoms with Gasteiger partial charge in [-0.3, -0.25) is 9.59 Å². The number of carboxylic acids is 1. The third-order valence-corrected chi connectivity index (χ3v) is 12.5. The summed E-state index contributed by atoms with van der Waals surface area (Å²) in [5.41, 5.74) is 9.98. The van der Waals surface area contributed by atoms with Gasteiger partial charge in [-0.25, -0.2) is 9.59 Å². The van der Waals surface area contributed by atoms with Crippen molar-refractivity contribution in [3.63, 3.8) is 0 Å². The van der Waals surface area contributed by atoms with Gasteiger partial charge in [-0.15, -0.1) is 0 Å². The first kappa shape index (κ1) is 51.7. The van der Waals surface area contributed by atoms with E-state index in [2.05, 4.69) is 29.6 Å². The highest BCUT2D eigenvalue weighted by atomic mass is 16.6. The Labute approximate surface area is 401 Å². The molecule has 11 nitrogen and oxygen atoms in total. The Balaban J connectivity index is 0.000000217. The van der Waals surface area contributed by atoms with Gasteiger partial charge in [0.1, 0.15) is 13.2 Å². The molecule has 4 N–H and O–H groups in total. The molecule has 0 bridgehead atoms. The second-order valence-corrected chi connectivity index (χ2v) is 16.8. The van der Waals surface area contributed by atoms with Crippen molar-refractivity contribution in [3.8, 4) is 0 Å². The smallest absolute Gasteiger partial charge is 0.410 e. The SMILES string of the molecule is C.NCCc1ccccc1.O=C(OCc1ccccc1)N1CCC(C(=O)NCCc2ccccc2)(c2ccccc2)CC1.O=C(OCc1ccccc1)N1CCC(C(=O)O)(c2ccccc2)CC1. The Morgan fingerprint density at radius 2 is 0.809 bits per heavy atom. The average Bonchev–Trinajstić information content (AvgIpc) is 3.39. The van der Waals surface area contributed by atoms with Gasteiger partial charge in [-0.05, 0) is 78.5 Å². The number of benzene rings is 6. The van der Waals surface area contributed by atoms with Crippen molar-refractivity contribution >= 4 is 24.1 Å². The number of carbonyl (C=O) groups is 4. The van der Waals surface area contributed by atoms with Crippen LogP contribution in [0.15, 0.2) is 182 Å². The Morgan fingerprint density at radius 3 is 1.18 bits per heavy atom. The van der Waals surface area contributed by atoms with Crippen LogP contribution in [-0.4, -0.2) is 78.2 Å².